The molecule has 0 radical (unpaired) electrons. The maximum absolute atomic E-state index is 9.20. The molecule has 27 rings (SSSR count). The predicted molar refractivity (Wildman–Crippen MR) is 586 cm³/mol. The Balaban J connectivity index is 0.000000104. The van der Waals surface area contributed by atoms with Gasteiger partial charge in [-0.05, 0) is 240 Å². The van der Waals surface area contributed by atoms with Crippen LogP contribution in [0.2, 0.25) is 0 Å². The monoisotopic (exact) mass is 1900 g/mol. The number of benzene rings is 10. The van der Waals surface area contributed by atoms with E-state index in [1.165, 1.54) is 74.1 Å². The zero-order valence-electron chi connectivity index (χ0n) is 91.8. The van der Waals surface area contributed by atoms with Gasteiger partial charge in [0.05, 0.1) is 27.8 Å². The van der Waals surface area contributed by atoms with Crippen LogP contribution in [0.15, 0.2) is 327 Å². The number of furan rings is 5. The number of hydrogen-bond acceptors (Lipinski definition) is 10. The first-order valence-corrected chi connectivity index (χ1v) is 50.1. The predicted octanol–water partition coefficient (Wildman–Crippen LogP) is 31.0. The van der Waals surface area contributed by atoms with E-state index in [9.17, 15) is 1.37 Å². The molecular formula is C129H119N10O5+5. The highest BCUT2D eigenvalue weighted by Gasteiger charge is 2.34. The van der Waals surface area contributed by atoms with E-state index < -0.39 is 30.9 Å². The lowest BCUT2D eigenvalue weighted by molar-refractivity contribution is -0.660. The number of aromatic nitrogens is 10. The number of hydrogen-bond donors (Lipinski definition) is 0. The van der Waals surface area contributed by atoms with Crippen LogP contribution >= 0.6 is 0 Å². The highest BCUT2D eigenvalue weighted by molar-refractivity contribution is 6.27. The molecule has 2 aliphatic carbocycles. The van der Waals surface area contributed by atoms with Gasteiger partial charge in [0.15, 0.2) is 31.0 Å². The number of fused-ring (bicyclic) bond motifs is 25. The normalized spacial score (nSPS) is 15.1. The molecule has 15 heterocycles. The molecule has 0 amide bonds. The molecule has 10 aromatic carbocycles. The van der Waals surface area contributed by atoms with Crippen LogP contribution in [0.25, 0.3) is 220 Å². The molecule has 25 aromatic rings. The molecule has 0 aliphatic heterocycles. The second-order valence-electron chi connectivity index (χ2n) is 39.3. The highest BCUT2D eigenvalue weighted by Crippen LogP contribution is 2.51. The number of rotatable bonds is 10. The topological polar surface area (TPSA) is 150 Å². The summed E-state index contributed by atoms with van der Waals surface area (Å²) in [5.41, 5.74) is 28.8. The summed E-state index contributed by atoms with van der Waals surface area (Å²) in [5, 5.41) is 21.6. The first kappa shape index (κ1) is 82.7. The van der Waals surface area contributed by atoms with Crippen LogP contribution in [0, 0.1) is 47.5 Å². The van der Waals surface area contributed by atoms with E-state index >= 15 is 0 Å². The lowest BCUT2D eigenvalue weighted by Gasteiger charge is -2.22. The summed E-state index contributed by atoms with van der Waals surface area (Å²) in [4.78, 5) is 22.3. The molecule has 2 fully saturated rings. The zero-order valence-corrected chi connectivity index (χ0v) is 83.8. The van der Waals surface area contributed by atoms with Crippen LogP contribution in [0.5, 0.6) is 0 Å². The quantitative estimate of drug-likeness (QED) is 0.121. The Morgan fingerprint density at radius 3 is 0.868 bits per heavy atom. The van der Waals surface area contributed by atoms with Crippen LogP contribution in [0.4, 0.5) is 0 Å². The maximum atomic E-state index is 9.20. The molecular weight excluding hydrogens is 1770 g/mol. The van der Waals surface area contributed by atoms with Gasteiger partial charge < -0.3 is 22.1 Å². The van der Waals surface area contributed by atoms with Crippen molar-refractivity contribution in [1.29, 1.82) is 0 Å². The molecule has 0 bridgehead atoms. The molecule has 710 valence electrons. The average molecular weight is 1900 g/mol. The summed E-state index contributed by atoms with van der Waals surface area (Å²) in [6.45, 7) is 15.8. The van der Waals surface area contributed by atoms with Gasteiger partial charge in [-0.25, -0.2) is 47.8 Å². The minimum Gasteiger partial charge on any atom is -0.437 e. The van der Waals surface area contributed by atoms with Crippen molar-refractivity contribution in [2.75, 3.05) is 0 Å². The van der Waals surface area contributed by atoms with Crippen molar-refractivity contribution < 1.29 is 55.9 Å². The van der Waals surface area contributed by atoms with Crippen molar-refractivity contribution in [2.24, 2.45) is 41.2 Å². The Hall–Kier alpha value is -16.0. The fraction of sp³-hybridized carbons (Fsp3) is 0.225. The van der Waals surface area contributed by atoms with E-state index in [1.54, 1.807) is 37.1 Å². The molecule has 15 nitrogen and oxygen atoms in total. The maximum Gasteiger partial charge on any atom is 0.227 e. The van der Waals surface area contributed by atoms with E-state index in [0.717, 1.165) is 227 Å². The van der Waals surface area contributed by atoms with Crippen molar-refractivity contribution in [3.63, 3.8) is 0 Å². The van der Waals surface area contributed by atoms with E-state index in [4.69, 9.17) is 31.7 Å². The van der Waals surface area contributed by atoms with Gasteiger partial charge in [0.2, 0.25) is 57.0 Å². The minimum absolute atomic E-state index is 0.135. The summed E-state index contributed by atoms with van der Waals surface area (Å²) < 4.78 is 110. The Bertz CT molecular complexity index is 9660. The first-order chi connectivity index (χ1) is 73.2. The SMILES string of the molecule is Cc1cc[n+](C)c(-c2c(C)c3ccccc3c3oc4ncccc4c23)c1.[2H]C([2H])([2H])C([2H])(C)c1cc[n+](C)c(-c2c(C)c3ccccc3c3oc4ncccc4c23)c1.[2H]C([2H])(c1cc[n+](C)c(-c2c(C)c3ccccc3c3oc4ncccc4c23)c1)C(C)C.[2H]C1(c2cc[n+](C)c(-c3c(C)c4ccccc4c4oc5ncccc5c34)c2)CCCC1.[2H]C1(c2cc[n+](C)c(-c3c(C)c4ccccc4c4oc5ncccc5c34)c2)CCCCC1. The molecule has 144 heavy (non-hydrogen) atoms. The van der Waals surface area contributed by atoms with Crippen molar-refractivity contribution in [3.8, 4) is 56.3 Å². The summed E-state index contributed by atoms with van der Waals surface area (Å²) in [5.74, 6) is -2.84. The van der Waals surface area contributed by atoms with Gasteiger partial charge in [-0.15, -0.1) is 0 Å². The van der Waals surface area contributed by atoms with Crippen LogP contribution in [0.3, 0.4) is 0 Å². The van der Waals surface area contributed by atoms with E-state index in [2.05, 4.69) is 270 Å². The van der Waals surface area contributed by atoms with Gasteiger partial charge in [-0.3, -0.25) is 0 Å². The Kier molecular flexibility index (Phi) is 21.7. The van der Waals surface area contributed by atoms with Crippen LogP contribution in [-0.4, -0.2) is 24.9 Å². The minimum atomic E-state index is -2.45. The van der Waals surface area contributed by atoms with Crippen molar-refractivity contribution >= 4 is 164 Å². The van der Waals surface area contributed by atoms with E-state index in [1.807, 2.05) is 136 Å². The highest BCUT2D eigenvalue weighted by atomic mass is 16.4. The van der Waals surface area contributed by atoms with Gasteiger partial charge in [0.25, 0.3) is 0 Å². The molecule has 15 heteroatoms. The second-order valence-corrected chi connectivity index (χ2v) is 39.3. The Morgan fingerprint density at radius 2 is 0.562 bits per heavy atom. The van der Waals surface area contributed by atoms with Crippen LogP contribution in [-0.2, 0) is 41.6 Å². The fourth-order valence-electron chi connectivity index (χ4n) is 22.8. The molecule has 0 saturated heterocycles. The summed E-state index contributed by atoms with van der Waals surface area (Å²) in [6.07, 6.45) is 27.0. The van der Waals surface area contributed by atoms with Crippen molar-refractivity contribution in [3.05, 3.63) is 360 Å². The van der Waals surface area contributed by atoms with Gasteiger partial charge >= 0.3 is 0 Å². The zero-order chi connectivity index (χ0) is 106. The molecule has 1 atom stereocenters. The van der Waals surface area contributed by atoms with Crippen molar-refractivity contribution in [2.45, 2.75) is 151 Å². The fourth-order valence-corrected chi connectivity index (χ4v) is 22.8. The Labute approximate surface area is 848 Å². The molecule has 2 aliphatic rings. The molecule has 1 unspecified atom stereocenters. The smallest absolute Gasteiger partial charge is 0.227 e. The summed E-state index contributed by atoms with van der Waals surface area (Å²) in [7, 11) is 10.2. The average Bonchev–Trinajstić information content (AvgIpc) is 1.59. The summed E-state index contributed by atoms with van der Waals surface area (Å²) >= 11 is 0. The molecule has 2 saturated carbocycles. The van der Waals surface area contributed by atoms with Gasteiger partial charge in [0.1, 0.15) is 63.2 Å². The lowest BCUT2D eigenvalue weighted by Crippen LogP contribution is -2.31. The third-order valence-corrected chi connectivity index (χ3v) is 29.9. The van der Waals surface area contributed by atoms with E-state index in [-0.39, 0.29) is 5.92 Å². The summed E-state index contributed by atoms with van der Waals surface area (Å²) in [6, 6.07) is 82.3. The number of aryl methyl sites for hydroxylation is 11. The van der Waals surface area contributed by atoms with Crippen LogP contribution < -0.4 is 22.8 Å². The standard InChI is InChI=1S/C28H27N2O.C27H25N2O.C26H25N2O.C25H23N2O.C23H19N2O/c1-18-21-11-6-7-12-22(21)27-26(23-13-8-15-29-28(23)31-27)25(18)24-17-20(14-16-30(24)2)19-9-4-3-5-10-19;1-17-20-10-5-6-11-21(20)26-25(22-12-7-14-28-27(22)30-26)24(17)23-16-19(13-15-29(23)2)18-8-3-4-9-18;1-16(2)14-18-11-13-28(4)22(15-18)23-17(3)19-8-5-6-9-20(19)25-24(23)21-10-7-12-27-26(21)29-25;1-15(2)17-11-13-27(4)21(14-17)22-16(3)18-8-5-6-9-19(18)24-23(22)20-10-7-12-26-25(20)28-24;1-14-10-12-25(3)19(13-14)20-15(2)16-7-4-5-8-17(16)22-21(20)18-9-6-11-24-23(18)26-22/h6-8,11-17,19H,3-5,9-10H2,1-2H3;5-7,10-16,18H,3-4,8-9H2,1-2H3;5-13,15-16H,14H2,1-4H3;5-15H,1-4H3;4-13H,1-3H3/q5*+1/i19D;18D;14D2;1D3,15D;. The lowest BCUT2D eigenvalue weighted by atomic mass is 9.83. The number of nitrogens with zero attached hydrogens (tertiary/aromatic N) is 10. The van der Waals surface area contributed by atoms with Gasteiger partial charge in [-0.1, -0.05) is 181 Å². The molecule has 15 aromatic heterocycles. The number of pyridine rings is 10. The second kappa shape index (κ2) is 37.8. The molecule has 0 spiro atoms. The van der Waals surface area contributed by atoms with Gasteiger partial charge in [-0.2, -0.15) is 0 Å². The molecule has 0 N–H and O–H groups in total. The van der Waals surface area contributed by atoms with Gasteiger partial charge in [0, 0.05) is 183 Å². The first-order valence-electron chi connectivity index (χ1n) is 54.1. The third-order valence-electron chi connectivity index (χ3n) is 29.9. The van der Waals surface area contributed by atoms with E-state index in [0.29, 0.717) is 39.7 Å². The van der Waals surface area contributed by atoms with Crippen LogP contribution in [0.1, 0.15) is 170 Å². The third kappa shape index (κ3) is 16.1. The van der Waals surface area contributed by atoms with Crippen molar-refractivity contribution in [1.82, 2.24) is 24.9 Å². The Morgan fingerprint density at radius 1 is 0.306 bits per heavy atom. The largest absolute Gasteiger partial charge is 0.437 e.